The number of nitrogens with two attached hydrogens (primary N) is 1. The average molecular weight is 463 g/mol. The smallest absolute Gasteiger partial charge is 0.162 e. The number of Topliss-reactive ketones (excluding diaryl/α,β-unsaturated/α-hetero) is 1. The Balaban J connectivity index is 1.89. The summed E-state index contributed by atoms with van der Waals surface area (Å²) in [5.74, 6) is 0.0984. The molecule has 2 aromatic carbocycles. The van der Waals surface area contributed by atoms with Crippen LogP contribution in [-0.4, -0.2) is 29.9 Å². The molecule has 6 heteroatoms. The van der Waals surface area contributed by atoms with E-state index in [-0.39, 0.29) is 11.7 Å². The topological polar surface area (TPSA) is 73.4 Å². The summed E-state index contributed by atoms with van der Waals surface area (Å²) >= 11 is 3.46. The van der Waals surface area contributed by atoms with E-state index in [0.717, 1.165) is 21.3 Å². The van der Waals surface area contributed by atoms with Gasteiger partial charge in [0.2, 0.25) is 0 Å². The molecule has 2 aliphatic rings. The monoisotopic (exact) mass is 462 g/mol. The predicted molar refractivity (Wildman–Crippen MR) is 120 cm³/mol. The number of allylic oxidation sites excluding steroid dienone is 3. The lowest BCUT2D eigenvalue weighted by Gasteiger charge is -2.43. The van der Waals surface area contributed by atoms with Gasteiger partial charge >= 0.3 is 0 Å². The second kappa shape index (κ2) is 8.10. The molecule has 4 rings (SSSR count). The zero-order valence-electron chi connectivity index (χ0n) is 17.0. The van der Waals surface area contributed by atoms with E-state index in [0.29, 0.717) is 29.8 Å². The summed E-state index contributed by atoms with van der Waals surface area (Å²) in [6.45, 7) is 0. The quantitative estimate of drug-likeness (QED) is 0.730. The first kappa shape index (κ1) is 20.4. The van der Waals surface area contributed by atoms with Crippen LogP contribution < -0.4 is 5.73 Å². The predicted octanol–water partition coefficient (Wildman–Crippen LogP) is 4.42. The molecule has 0 radical (unpaired) electrons. The van der Waals surface area contributed by atoms with Crippen LogP contribution in [0.15, 0.2) is 81.7 Å². The van der Waals surface area contributed by atoms with Crippen LogP contribution in [0.1, 0.15) is 35.8 Å². The fourth-order valence-corrected chi connectivity index (χ4v) is 4.78. The van der Waals surface area contributed by atoms with Crippen LogP contribution in [0.5, 0.6) is 0 Å². The van der Waals surface area contributed by atoms with Gasteiger partial charge in [-0.2, -0.15) is 5.26 Å². The zero-order chi connectivity index (χ0) is 21.4. The van der Waals surface area contributed by atoms with Crippen molar-refractivity contribution in [3.8, 4) is 6.07 Å². The molecular formula is C24H23BrN4O. The highest BCUT2D eigenvalue weighted by molar-refractivity contribution is 9.10. The molecule has 2 N–H and O–H groups in total. The molecule has 0 saturated carbocycles. The number of nitriles is 1. The van der Waals surface area contributed by atoms with Crippen molar-refractivity contribution in [1.82, 2.24) is 10.0 Å². The van der Waals surface area contributed by atoms with E-state index in [1.807, 2.05) is 66.6 Å². The summed E-state index contributed by atoms with van der Waals surface area (Å²) in [6, 6.07) is 20.2. The Kier molecular flexibility index (Phi) is 5.50. The lowest BCUT2D eigenvalue weighted by Crippen LogP contribution is -2.46. The van der Waals surface area contributed by atoms with E-state index in [1.54, 1.807) is 0 Å². The molecular weight excluding hydrogens is 440 g/mol. The fraction of sp³-hybridized carbons (Fsp3) is 0.250. The number of nitrogens with zero attached hydrogens (tertiary/aromatic N) is 3. The highest BCUT2D eigenvalue weighted by Crippen LogP contribution is 2.48. The van der Waals surface area contributed by atoms with Crippen molar-refractivity contribution in [2.45, 2.75) is 24.7 Å². The van der Waals surface area contributed by atoms with Crippen LogP contribution in [0, 0.1) is 11.3 Å². The Labute approximate surface area is 185 Å². The van der Waals surface area contributed by atoms with Crippen molar-refractivity contribution in [3.63, 3.8) is 0 Å². The van der Waals surface area contributed by atoms with E-state index in [1.165, 1.54) is 0 Å². The first-order valence-electron chi connectivity index (χ1n) is 9.86. The highest BCUT2D eigenvalue weighted by Gasteiger charge is 2.43. The molecule has 0 fully saturated rings. The first-order valence-corrected chi connectivity index (χ1v) is 10.7. The summed E-state index contributed by atoms with van der Waals surface area (Å²) in [7, 11) is 3.76. The number of halogens is 1. The fourth-order valence-electron chi connectivity index (χ4n) is 4.52. The summed E-state index contributed by atoms with van der Waals surface area (Å²) in [6.07, 6.45) is 1.12. The van der Waals surface area contributed by atoms with Gasteiger partial charge in [0.1, 0.15) is 5.82 Å². The molecule has 0 aromatic heterocycles. The van der Waals surface area contributed by atoms with Crippen molar-refractivity contribution in [2.75, 3.05) is 14.1 Å². The van der Waals surface area contributed by atoms with Crippen LogP contribution in [0.3, 0.4) is 0 Å². The molecule has 2 aromatic rings. The van der Waals surface area contributed by atoms with Crippen molar-refractivity contribution < 1.29 is 4.79 Å². The maximum absolute atomic E-state index is 13.5. The Morgan fingerprint density at radius 3 is 2.33 bits per heavy atom. The van der Waals surface area contributed by atoms with Crippen molar-refractivity contribution in [1.29, 1.82) is 5.26 Å². The SMILES string of the molecule is CN(C)N1C(N)=C(C#N)[C@H](c2ccc(Br)cc2)C2=C1C[C@H](c1ccccc1)CC2=O. The van der Waals surface area contributed by atoms with Gasteiger partial charge in [-0.05, 0) is 35.6 Å². The first-order chi connectivity index (χ1) is 14.4. The van der Waals surface area contributed by atoms with E-state index >= 15 is 0 Å². The molecule has 152 valence electrons. The average Bonchev–Trinajstić information content (AvgIpc) is 2.73. The minimum atomic E-state index is -0.446. The van der Waals surface area contributed by atoms with Crippen molar-refractivity contribution >= 4 is 21.7 Å². The number of ketones is 1. The number of rotatable bonds is 3. The van der Waals surface area contributed by atoms with E-state index < -0.39 is 5.92 Å². The molecule has 5 nitrogen and oxygen atoms in total. The van der Waals surface area contributed by atoms with Gasteiger partial charge in [0.05, 0.1) is 17.6 Å². The molecule has 0 amide bonds. The molecule has 1 aliphatic heterocycles. The third-order valence-corrected chi connectivity index (χ3v) is 6.34. The van der Waals surface area contributed by atoms with Crippen molar-refractivity contribution in [2.24, 2.45) is 5.73 Å². The lowest BCUT2D eigenvalue weighted by molar-refractivity contribution is -0.117. The van der Waals surface area contributed by atoms with Crippen LogP contribution >= 0.6 is 15.9 Å². The van der Waals surface area contributed by atoms with E-state index in [4.69, 9.17) is 5.73 Å². The van der Waals surface area contributed by atoms with Crippen LogP contribution in [-0.2, 0) is 4.79 Å². The van der Waals surface area contributed by atoms with Gasteiger partial charge in [0.25, 0.3) is 0 Å². The summed E-state index contributed by atoms with van der Waals surface area (Å²) in [5, 5.41) is 13.7. The van der Waals surface area contributed by atoms with E-state index in [2.05, 4.69) is 34.1 Å². The number of carbonyl (C=O) groups excluding carboxylic acids is 1. The summed E-state index contributed by atoms with van der Waals surface area (Å²) < 4.78 is 0.945. The largest absolute Gasteiger partial charge is 0.383 e. The summed E-state index contributed by atoms with van der Waals surface area (Å²) in [4.78, 5) is 13.5. The van der Waals surface area contributed by atoms with Gasteiger partial charge in [-0.25, -0.2) is 5.01 Å². The number of hydrogen-bond acceptors (Lipinski definition) is 5. The number of hydrazine groups is 1. The molecule has 0 saturated heterocycles. The lowest BCUT2D eigenvalue weighted by atomic mass is 9.72. The number of hydrogen-bond donors (Lipinski definition) is 1. The standard InChI is InChI=1S/C24H23BrN4O/c1-28(2)29-20-12-17(15-6-4-3-5-7-15)13-21(30)23(20)22(19(14-26)24(29)27)16-8-10-18(25)11-9-16/h3-11,17,22H,12-13,27H2,1-2H3/t17-,22-/m0/s1. The Morgan fingerprint density at radius 1 is 1.07 bits per heavy atom. The van der Waals surface area contributed by atoms with Gasteiger partial charge < -0.3 is 5.73 Å². The van der Waals surface area contributed by atoms with Gasteiger partial charge in [-0.3, -0.25) is 9.80 Å². The zero-order valence-corrected chi connectivity index (χ0v) is 18.6. The van der Waals surface area contributed by atoms with Crippen LogP contribution in [0.2, 0.25) is 0 Å². The van der Waals surface area contributed by atoms with Gasteiger partial charge in [-0.1, -0.05) is 58.4 Å². The molecule has 1 aliphatic carbocycles. The van der Waals surface area contributed by atoms with Gasteiger partial charge in [0.15, 0.2) is 5.78 Å². The minimum absolute atomic E-state index is 0.0742. The Hall–Kier alpha value is -2.88. The molecule has 0 bridgehead atoms. The summed E-state index contributed by atoms with van der Waals surface area (Å²) in [5.41, 5.74) is 10.5. The highest BCUT2D eigenvalue weighted by atomic mass is 79.9. The molecule has 30 heavy (non-hydrogen) atoms. The maximum atomic E-state index is 13.5. The Bertz CT molecular complexity index is 1080. The third kappa shape index (κ3) is 3.45. The van der Waals surface area contributed by atoms with Crippen LogP contribution in [0.25, 0.3) is 0 Å². The maximum Gasteiger partial charge on any atom is 0.162 e. The van der Waals surface area contributed by atoms with E-state index in [9.17, 15) is 10.1 Å². The minimum Gasteiger partial charge on any atom is -0.383 e. The second-order valence-corrected chi connectivity index (χ2v) is 8.77. The molecule has 0 unspecified atom stereocenters. The second-order valence-electron chi connectivity index (χ2n) is 7.85. The molecule has 1 heterocycles. The molecule has 0 spiro atoms. The van der Waals surface area contributed by atoms with Gasteiger partial charge in [0, 0.05) is 36.3 Å². The Morgan fingerprint density at radius 2 is 1.73 bits per heavy atom. The van der Waals surface area contributed by atoms with Crippen LogP contribution in [0.4, 0.5) is 0 Å². The normalized spacial score (nSPS) is 21.7. The number of carbonyl (C=O) groups is 1. The third-order valence-electron chi connectivity index (χ3n) is 5.81. The number of benzene rings is 2. The van der Waals surface area contributed by atoms with Gasteiger partial charge in [-0.15, -0.1) is 0 Å². The molecule has 2 atom stereocenters. The van der Waals surface area contributed by atoms with Crippen molar-refractivity contribution in [3.05, 3.63) is 92.9 Å².